The lowest BCUT2D eigenvalue weighted by Crippen LogP contribution is -1.97. The molecule has 0 radical (unpaired) electrons. The molecule has 0 rings (SSSR count). The second-order valence-corrected chi connectivity index (χ2v) is 3.91. The fourth-order valence-corrected chi connectivity index (χ4v) is 1.21. The van der Waals surface area contributed by atoms with Crippen molar-refractivity contribution in [1.82, 2.24) is 0 Å². The average molecular weight is 256 g/mol. The van der Waals surface area contributed by atoms with Crippen LogP contribution in [0.2, 0.25) is 0 Å². The van der Waals surface area contributed by atoms with E-state index < -0.39 is 0 Å². The van der Waals surface area contributed by atoms with E-state index >= 15 is 0 Å². The van der Waals surface area contributed by atoms with Crippen molar-refractivity contribution in [3.05, 3.63) is 12.7 Å². The van der Waals surface area contributed by atoms with E-state index in [1.54, 1.807) is 0 Å². The van der Waals surface area contributed by atoms with Crippen molar-refractivity contribution in [2.24, 2.45) is 0 Å². The van der Waals surface area contributed by atoms with Gasteiger partial charge in [-0.15, -0.1) is 6.58 Å². The van der Waals surface area contributed by atoms with Crippen molar-refractivity contribution in [3.63, 3.8) is 0 Å². The van der Waals surface area contributed by atoms with E-state index in [-0.39, 0.29) is 0 Å². The van der Waals surface area contributed by atoms with Crippen LogP contribution in [-0.2, 0) is 0 Å². The summed E-state index contributed by atoms with van der Waals surface area (Å²) >= 11 is 6.92. The van der Waals surface area contributed by atoms with Gasteiger partial charge in [0.15, 0.2) is 0 Å². The Balaban J connectivity index is 2.96. The molecule has 0 aromatic carbocycles. The second-order valence-electron chi connectivity index (χ2n) is 1.97. The van der Waals surface area contributed by atoms with Crippen molar-refractivity contribution in [3.8, 4) is 0 Å². The molecule has 1 unspecified atom stereocenters. The van der Waals surface area contributed by atoms with Crippen LogP contribution in [0.4, 0.5) is 0 Å². The molecule has 0 aliphatic rings. The first-order valence-electron chi connectivity index (χ1n) is 3.12. The molecule has 0 aliphatic heterocycles. The topological polar surface area (TPSA) is 0 Å². The Morgan fingerprint density at radius 3 is 2.67 bits per heavy atom. The molecule has 0 heterocycles. The quantitative estimate of drug-likeness (QED) is 0.401. The third-order valence-electron chi connectivity index (χ3n) is 1.09. The van der Waals surface area contributed by atoms with Crippen LogP contribution in [0.25, 0.3) is 0 Å². The molecular weight excluding hydrogens is 244 g/mol. The molecule has 0 N–H and O–H groups in total. The monoisotopic (exact) mass is 254 g/mol. The van der Waals surface area contributed by atoms with Gasteiger partial charge in [0.05, 0.1) is 0 Å². The largest absolute Gasteiger partial charge is 0.103 e. The van der Waals surface area contributed by atoms with Gasteiger partial charge in [-0.25, -0.2) is 0 Å². The van der Waals surface area contributed by atoms with Crippen LogP contribution in [0.5, 0.6) is 0 Å². The predicted octanol–water partition coefficient (Wildman–Crippen LogP) is 3.50. The van der Waals surface area contributed by atoms with Crippen LogP contribution >= 0.6 is 31.9 Å². The van der Waals surface area contributed by atoms with Gasteiger partial charge in [-0.3, -0.25) is 0 Å². The molecule has 0 saturated carbocycles. The van der Waals surface area contributed by atoms with E-state index in [1.807, 2.05) is 6.08 Å². The van der Waals surface area contributed by atoms with E-state index in [4.69, 9.17) is 0 Å². The highest BCUT2D eigenvalue weighted by atomic mass is 79.9. The standard InChI is InChI=1S/C7H12Br2/c1-2-3-4-5-7(9)6-8/h2,7H,1,3-6H2. The molecule has 9 heavy (non-hydrogen) atoms. The maximum Gasteiger partial charge on any atom is 0.0242 e. The van der Waals surface area contributed by atoms with Gasteiger partial charge in [0.1, 0.15) is 0 Å². The van der Waals surface area contributed by atoms with E-state index in [2.05, 4.69) is 38.4 Å². The number of halogens is 2. The minimum atomic E-state index is 0.637. The maximum absolute atomic E-state index is 3.66. The average Bonchev–Trinajstić information content (AvgIpc) is 1.89. The van der Waals surface area contributed by atoms with Gasteiger partial charge in [-0.2, -0.15) is 0 Å². The first kappa shape index (κ1) is 9.70. The zero-order valence-corrected chi connectivity index (χ0v) is 8.62. The number of allylic oxidation sites excluding steroid dienone is 1. The summed E-state index contributed by atoms with van der Waals surface area (Å²) < 4.78 is 0. The van der Waals surface area contributed by atoms with Crippen LogP contribution in [0, 0.1) is 0 Å². The summed E-state index contributed by atoms with van der Waals surface area (Å²) in [4.78, 5) is 0.637. The Hall–Kier alpha value is 0.700. The van der Waals surface area contributed by atoms with Gasteiger partial charge >= 0.3 is 0 Å². The first-order chi connectivity index (χ1) is 4.31. The molecule has 0 nitrogen and oxygen atoms in total. The summed E-state index contributed by atoms with van der Waals surface area (Å²) in [6.45, 7) is 3.66. The Labute approximate surface area is 74.0 Å². The summed E-state index contributed by atoms with van der Waals surface area (Å²) in [5.41, 5.74) is 0. The number of alkyl halides is 2. The van der Waals surface area contributed by atoms with E-state index in [0.717, 1.165) is 11.8 Å². The predicted molar refractivity (Wildman–Crippen MR) is 50.6 cm³/mol. The molecule has 0 aliphatic carbocycles. The fourth-order valence-electron chi connectivity index (χ4n) is 0.561. The van der Waals surface area contributed by atoms with Crippen molar-refractivity contribution in [2.75, 3.05) is 5.33 Å². The lowest BCUT2D eigenvalue weighted by Gasteiger charge is -2.01. The molecule has 0 amide bonds. The molecule has 0 spiro atoms. The van der Waals surface area contributed by atoms with Crippen molar-refractivity contribution < 1.29 is 0 Å². The third kappa shape index (κ3) is 6.59. The Bertz CT molecular complexity index is 71.3. The van der Waals surface area contributed by atoms with Gasteiger partial charge in [-0.05, 0) is 19.3 Å². The highest BCUT2D eigenvalue weighted by molar-refractivity contribution is 9.12. The highest BCUT2D eigenvalue weighted by Crippen LogP contribution is 2.11. The van der Waals surface area contributed by atoms with Crippen molar-refractivity contribution >= 4 is 31.9 Å². The summed E-state index contributed by atoms with van der Waals surface area (Å²) in [7, 11) is 0. The van der Waals surface area contributed by atoms with Crippen LogP contribution in [0.1, 0.15) is 19.3 Å². The third-order valence-corrected chi connectivity index (χ3v) is 3.53. The lowest BCUT2D eigenvalue weighted by molar-refractivity contribution is 0.757. The summed E-state index contributed by atoms with van der Waals surface area (Å²) in [6.07, 6.45) is 5.57. The molecule has 0 fully saturated rings. The molecule has 1 atom stereocenters. The second kappa shape index (κ2) is 6.81. The molecular formula is C7H12Br2. The summed E-state index contributed by atoms with van der Waals surface area (Å²) in [5.74, 6) is 0. The minimum Gasteiger partial charge on any atom is -0.103 e. The summed E-state index contributed by atoms with van der Waals surface area (Å²) in [5, 5.41) is 1.05. The van der Waals surface area contributed by atoms with Gasteiger partial charge in [0.2, 0.25) is 0 Å². The van der Waals surface area contributed by atoms with E-state index in [9.17, 15) is 0 Å². The van der Waals surface area contributed by atoms with Crippen LogP contribution in [0.15, 0.2) is 12.7 Å². The number of hydrogen-bond acceptors (Lipinski definition) is 0. The van der Waals surface area contributed by atoms with Gasteiger partial charge < -0.3 is 0 Å². The Morgan fingerprint density at radius 2 is 2.22 bits per heavy atom. The Morgan fingerprint density at radius 1 is 1.56 bits per heavy atom. The maximum atomic E-state index is 3.66. The number of rotatable bonds is 5. The van der Waals surface area contributed by atoms with Crippen molar-refractivity contribution in [1.29, 1.82) is 0 Å². The highest BCUT2D eigenvalue weighted by Gasteiger charge is 1.98. The van der Waals surface area contributed by atoms with Crippen LogP contribution in [0.3, 0.4) is 0 Å². The SMILES string of the molecule is C=CCCCC(Br)CBr. The molecule has 0 saturated heterocycles. The van der Waals surface area contributed by atoms with Gasteiger partial charge in [0.25, 0.3) is 0 Å². The normalized spacial score (nSPS) is 13.1. The molecule has 2 heteroatoms. The van der Waals surface area contributed by atoms with Crippen LogP contribution < -0.4 is 0 Å². The molecule has 0 aromatic heterocycles. The smallest absolute Gasteiger partial charge is 0.0242 e. The van der Waals surface area contributed by atoms with Gasteiger partial charge in [0, 0.05) is 10.2 Å². The fraction of sp³-hybridized carbons (Fsp3) is 0.714. The zero-order valence-electron chi connectivity index (χ0n) is 5.45. The Kier molecular flexibility index (Phi) is 7.34. The van der Waals surface area contributed by atoms with E-state index in [0.29, 0.717) is 4.83 Å². The van der Waals surface area contributed by atoms with Gasteiger partial charge in [-0.1, -0.05) is 37.9 Å². The minimum absolute atomic E-state index is 0.637. The first-order valence-corrected chi connectivity index (χ1v) is 5.16. The van der Waals surface area contributed by atoms with E-state index in [1.165, 1.54) is 12.8 Å². The molecule has 0 bridgehead atoms. The zero-order chi connectivity index (χ0) is 7.11. The number of hydrogen-bond donors (Lipinski definition) is 0. The lowest BCUT2D eigenvalue weighted by atomic mass is 10.2. The molecule has 0 aromatic rings. The number of unbranched alkanes of at least 4 members (excludes halogenated alkanes) is 1. The molecule has 54 valence electrons. The summed E-state index contributed by atoms with van der Waals surface area (Å²) in [6, 6.07) is 0. The van der Waals surface area contributed by atoms with Crippen molar-refractivity contribution in [2.45, 2.75) is 24.1 Å². The van der Waals surface area contributed by atoms with Crippen LogP contribution in [-0.4, -0.2) is 10.2 Å².